The summed E-state index contributed by atoms with van der Waals surface area (Å²) in [7, 11) is 6.25. The van der Waals surface area contributed by atoms with Crippen molar-refractivity contribution in [2.24, 2.45) is 12.5 Å². The van der Waals surface area contributed by atoms with E-state index in [2.05, 4.69) is 43.1 Å². The molecule has 1 aromatic heterocycles. The van der Waals surface area contributed by atoms with Gasteiger partial charge in [0.15, 0.2) is 0 Å². The summed E-state index contributed by atoms with van der Waals surface area (Å²) in [6.07, 6.45) is 3.74. The third kappa shape index (κ3) is 4.33. The van der Waals surface area contributed by atoms with Crippen molar-refractivity contribution in [1.82, 2.24) is 19.8 Å². The number of rotatable bonds is 6. The van der Waals surface area contributed by atoms with Crippen LogP contribution in [0.4, 0.5) is 0 Å². The van der Waals surface area contributed by atoms with Crippen molar-refractivity contribution < 1.29 is 0 Å². The first-order valence-electron chi connectivity index (χ1n) is 5.71. The van der Waals surface area contributed by atoms with Gasteiger partial charge in [0.2, 0.25) is 0 Å². The van der Waals surface area contributed by atoms with Gasteiger partial charge in [-0.25, -0.2) is 4.98 Å². The molecule has 0 atom stereocenters. The Bertz CT molecular complexity index is 315. The smallest absolute Gasteiger partial charge is 0.0945 e. The number of hydrogen-bond acceptors (Lipinski definition) is 3. The summed E-state index contributed by atoms with van der Waals surface area (Å²) in [5, 5.41) is 3.49. The standard InChI is InChI=1S/C12H24N4/c1-12(2,9-15(3)4)8-13-6-11-7-14-10-16(11)5/h7,10,13H,6,8-9H2,1-5H3. The quantitative estimate of drug-likeness (QED) is 0.785. The minimum absolute atomic E-state index is 0.294. The monoisotopic (exact) mass is 224 g/mol. The highest BCUT2D eigenvalue weighted by Crippen LogP contribution is 2.14. The van der Waals surface area contributed by atoms with Crippen LogP contribution in [0, 0.1) is 5.41 Å². The molecule has 4 nitrogen and oxygen atoms in total. The molecule has 0 aliphatic carbocycles. The molecule has 16 heavy (non-hydrogen) atoms. The minimum atomic E-state index is 0.294. The first-order valence-corrected chi connectivity index (χ1v) is 5.71. The van der Waals surface area contributed by atoms with Gasteiger partial charge in [0.25, 0.3) is 0 Å². The highest BCUT2D eigenvalue weighted by molar-refractivity contribution is 4.96. The Labute approximate surface area is 98.7 Å². The van der Waals surface area contributed by atoms with E-state index in [0.29, 0.717) is 5.41 Å². The fraction of sp³-hybridized carbons (Fsp3) is 0.750. The zero-order valence-corrected chi connectivity index (χ0v) is 11.1. The summed E-state index contributed by atoms with van der Waals surface area (Å²) in [4.78, 5) is 6.33. The van der Waals surface area contributed by atoms with Crippen molar-refractivity contribution in [2.75, 3.05) is 27.2 Å². The van der Waals surface area contributed by atoms with Crippen molar-refractivity contribution in [3.63, 3.8) is 0 Å². The predicted molar refractivity (Wildman–Crippen MR) is 67.2 cm³/mol. The molecule has 0 aromatic carbocycles. The van der Waals surface area contributed by atoms with Crippen molar-refractivity contribution in [1.29, 1.82) is 0 Å². The van der Waals surface area contributed by atoms with Crippen LogP contribution < -0.4 is 5.32 Å². The van der Waals surface area contributed by atoms with E-state index in [0.717, 1.165) is 19.6 Å². The molecule has 0 saturated carbocycles. The molecule has 0 spiro atoms. The number of aryl methyl sites for hydroxylation is 1. The lowest BCUT2D eigenvalue weighted by atomic mass is 9.93. The second-order valence-corrected chi connectivity index (χ2v) is 5.50. The molecule has 0 unspecified atom stereocenters. The van der Waals surface area contributed by atoms with Crippen LogP contribution in [0.2, 0.25) is 0 Å². The van der Waals surface area contributed by atoms with Gasteiger partial charge in [-0.3, -0.25) is 0 Å². The molecule has 92 valence electrons. The Balaban J connectivity index is 2.32. The summed E-state index contributed by atoms with van der Waals surface area (Å²) in [5.74, 6) is 0. The topological polar surface area (TPSA) is 33.1 Å². The predicted octanol–water partition coefficient (Wildman–Crippen LogP) is 1.10. The maximum Gasteiger partial charge on any atom is 0.0945 e. The van der Waals surface area contributed by atoms with Gasteiger partial charge >= 0.3 is 0 Å². The van der Waals surface area contributed by atoms with Gasteiger partial charge in [-0.2, -0.15) is 0 Å². The molecule has 0 fully saturated rings. The zero-order valence-electron chi connectivity index (χ0n) is 11.1. The Hall–Kier alpha value is -0.870. The lowest BCUT2D eigenvalue weighted by Gasteiger charge is -2.28. The summed E-state index contributed by atoms with van der Waals surface area (Å²) < 4.78 is 2.05. The van der Waals surface area contributed by atoms with Gasteiger partial charge in [0.1, 0.15) is 0 Å². The molecule has 1 aromatic rings. The number of hydrogen-bond donors (Lipinski definition) is 1. The van der Waals surface area contributed by atoms with Crippen LogP contribution in [0.3, 0.4) is 0 Å². The SMILES string of the molecule is CN(C)CC(C)(C)CNCc1cncn1C. The van der Waals surface area contributed by atoms with E-state index in [-0.39, 0.29) is 0 Å². The third-order valence-corrected chi connectivity index (χ3v) is 2.57. The molecule has 0 radical (unpaired) electrons. The number of aromatic nitrogens is 2. The Morgan fingerprint density at radius 3 is 2.62 bits per heavy atom. The number of nitrogens with one attached hydrogen (secondary N) is 1. The minimum Gasteiger partial charge on any atom is -0.337 e. The van der Waals surface area contributed by atoms with Gasteiger partial charge in [0, 0.05) is 32.9 Å². The molecule has 0 saturated heterocycles. The molecule has 0 aliphatic heterocycles. The summed E-state index contributed by atoms with van der Waals surface area (Å²) in [6.45, 7) is 7.54. The van der Waals surface area contributed by atoms with E-state index < -0.39 is 0 Å². The number of imidazole rings is 1. The van der Waals surface area contributed by atoms with Crippen LogP contribution >= 0.6 is 0 Å². The first-order chi connectivity index (χ1) is 7.41. The summed E-state index contributed by atoms with van der Waals surface area (Å²) in [5.41, 5.74) is 1.52. The number of nitrogens with zero attached hydrogens (tertiary/aromatic N) is 3. The highest BCUT2D eigenvalue weighted by Gasteiger charge is 2.18. The molecule has 1 N–H and O–H groups in total. The third-order valence-electron chi connectivity index (χ3n) is 2.57. The molecule has 0 bridgehead atoms. The van der Waals surface area contributed by atoms with E-state index in [1.807, 2.05) is 24.1 Å². The molecule has 0 amide bonds. The highest BCUT2D eigenvalue weighted by atomic mass is 15.1. The van der Waals surface area contributed by atoms with E-state index >= 15 is 0 Å². The van der Waals surface area contributed by atoms with E-state index in [9.17, 15) is 0 Å². The second-order valence-electron chi connectivity index (χ2n) is 5.50. The van der Waals surface area contributed by atoms with Gasteiger partial charge in [-0.1, -0.05) is 13.8 Å². The maximum absolute atomic E-state index is 4.10. The van der Waals surface area contributed by atoms with Gasteiger partial charge in [-0.05, 0) is 19.5 Å². The Kier molecular flexibility index (Phi) is 4.50. The van der Waals surface area contributed by atoms with Gasteiger partial charge in [0.05, 0.1) is 12.0 Å². The average Bonchev–Trinajstić information content (AvgIpc) is 2.49. The molecule has 4 heteroatoms. The van der Waals surface area contributed by atoms with Crippen molar-refractivity contribution >= 4 is 0 Å². The molecule has 1 heterocycles. The fourth-order valence-electron chi connectivity index (χ4n) is 2.00. The lowest BCUT2D eigenvalue weighted by Crippen LogP contribution is -2.37. The van der Waals surface area contributed by atoms with Crippen LogP contribution in [-0.4, -0.2) is 41.6 Å². The van der Waals surface area contributed by atoms with Gasteiger partial charge < -0.3 is 14.8 Å². The normalized spacial score (nSPS) is 12.4. The van der Waals surface area contributed by atoms with E-state index in [1.54, 1.807) is 0 Å². The summed E-state index contributed by atoms with van der Waals surface area (Å²) in [6, 6.07) is 0. The van der Waals surface area contributed by atoms with E-state index in [4.69, 9.17) is 0 Å². The summed E-state index contributed by atoms with van der Waals surface area (Å²) >= 11 is 0. The molecule has 1 rings (SSSR count). The van der Waals surface area contributed by atoms with Crippen LogP contribution in [0.5, 0.6) is 0 Å². The average molecular weight is 224 g/mol. The first kappa shape index (κ1) is 13.2. The Morgan fingerprint density at radius 1 is 1.44 bits per heavy atom. The molecular formula is C12H24N4. The van der Waals surface area contributed by atoms with E-state index in [1.165, 1.54) is 5.69 Å². The Morgan fingerprint density at radius 2 is 2.12 bits per heavy atom. The zero-order chi connectivity index (χ0) is 12.2. The van der Waals surface area contributed by atoms with Crippen LogP contribution in [0.15, 0.2) is 12.5 Å². The second kappa shape index (κ2) is 5.46. The molecular weight excluding hydrogens is 200 g/mol. The van der Waals surface area contributed by atoms with Crippen molar-refractivity contribution in [3.8, 4) is 0 Å². The van der Waals surface area contributed by atoms with Crippen molar-refractivity contribution in [2.45, 2.75) is 20.4 Å². The van der Waals surface area contributed by atoms with Crippen LogP contribution in [0.25, 0.3) is 0 Å². The maximum atomic E-state index is 4.10. The van der Waals surface area contributed by atoms with Gasteiger partial charge in [-0.15, -0.1) is 0 Å². The lowest BCUT2D eigenvalue weighted by molar-refractivity contribution is 0.232. The van der Waals surface area contributed by atoms with Crippen LogP contribution in [-0.2, 0) is 13.6 Å². The molecule has 0 aliphatic rings. The fourth-order valence-corrected chi connectivity index (χ4v) is 2.00. The largest absolute Gasteiger partial charge is 0.337 e. The van der Waals surface area contributed by atoms with Crippen LogP contribution in [0.1, 0.15) is 19.5 Å². The van der Waals surface area contributed by atoms with Crippen molar-refractivity contribution in [3.05, 3.63) is 18.2 Å².